The van der Waals surface area contributed by atoms with Crippen LogP contribution in [0.3, 0.4) is 0 Å². The molecule has 3 nitrogen and oxygen atoms in total. The molecule has 16 heavy (non-hydrogen) atoms. The van der Waals surface area contributed by atoms with Crippen molar-refractivity contribution in [3.8, 4) is 0 Å². The molecular formula is C11H7F2NO2. The third-order valence-corrected chi connectivity index (χ3v) is 2.24. The molecule has 82 valence electrons. The van der Waals surface area contributed by atoms with Crippen molar-refractivity contribution in [3.05, 3.63) is 41.7 Å². The lowest BCUT2D eigenvalue weighted by Gasteiger charge is -2.04. The van der Waals surface area contributed by atoms with Crippen LogP contribution in [0, 0.1) is 0 Å². The van der Waals surface area contributed by atoms with Crippen LogP contribution in [-0.4, -0.2) is 16.1 Å². The van der Waals surface area contributed by atoms with Crippen molar-refractivity contribution in [1.82, 2.24) is 4.98 Å². The molecule has 0 saturated carbocycles. The van der Waals surface area contributed by atoms with E-state index in [2.05, 4.69) is 4.98 Å². The summed E-state index contributed by atoms with van der Waals surface area (Å²) in [5, 5.41) is 9.67. The van der Waals surface area contributed by atoms with Gasteiger partial charge in [-0.3, -0.25) is 0 Å². The SMILES string of the molecule is O=C(O)c1nccc2ccc(C(F)F)cc12. The average molecular weight is 223 g/mol. The fourth-order valence-corrected chi connectivity index (χ4v) is 1.49. The molecule has 5 heteroatoms. The molecule has 0 spiro atoms. The minimum Gasteiger partial charge on any atom is -0.476 e. The molecule has 0 atom stereocenters. The summed E-state index contributed by atoms with van der Waals surface area (Å²) < 4.78 is 24.9. The summed E-state index contributed by atoms with van der Waals surface area (Å²) in [7, 11) is 0. The van der Waals surface area contributed by atoms with E-state index in [-0.39, 0.29) is 16.6 Å². The average Bonchev–Trinajstić information content (AvgIpc) is 2.27. The third-order valence-electron chi connectivity index (χ3n) is 2.24. The van der Waals surface area contributed by atoms with Crippen LogP contribution in [0.4, 0.5) is 8.78 Å². The van der Waals surface area contributed by atoms with Crippen molar-refractivity contribution in [2.45, 2.75) is 6.43 Å². The van der Waals surface area contributed by atoms with Gasteiger partial charge < -0.3 is 5.11 Å². The number of benzene rings is 1. The quantitative estimate of drug-likeness (QED) is 0.851. The van der Waals surface area contributed by atoms with Gasteiger partial charge in [0.1, 0.15) is 0 Å². The number of aromatic carboxylic acids is 1. The van der Waals surface area contributed by atoms with Crippen LogP contribution in [0.15, 0.2) is 30.5 Å². The first-order valence-electron chi connectivity index (χ1n) is 4.49. The Morgan fingerprint density at radius 2 is 2.06 bits per heavy atom. The second-order valence-corrected chi connectivity index (χ2v) is 3.25. The Morgan fingerprint density at radius 3 is 2.69 bits per heavy atom. The summed E-state index contributed by atoms with van der Waals surface area (Å²) in [6.07, 6.45) is -1.28. The summed E-state index contributed by atoms with van der Waals surface area (Å²) >= 11 is 0. The van der Waals surface area contributed by atoms with Gasteiger partial charge in [0, 0.05) is 17.1 Å². The van der Waals surface area contributed by atoms with Gasteiger partial charge in [0.15, 0.2) is 5.69 Å². The molecule has 0 fully saturated rings. The predicted molar refractivity (Wildman–Crippen MR) is 53.7 cm³/mol. The minimum atomic E-state index is -2.62. The monoisotopic (exact) mass is 223 g/mol. The van der Waals surface area contributed by atoms with Crippen LogP contribution in [-0.2, 0) is 0 Å². The van der Waals surface area contributed by atoms with Crippen LogP contribution >= 0.6 is 0 Å². The maximum atomic E-state index is 12.5. The van der Waals surface area contributed by atoms with Crippen molar-refractivity contribution < 1.29 is 18.7 Å². The Kier molecular flexibility index (Phi) is 2.52. The molecule has 1 N–H and O–H groups in total. The van der Waals surface area contributed by atoms with E-state index in [0.717, 1.165) is 6.07 Å². The molecule has 1 aromatic carbocycles. The molecule has 0 unspecified atom stereocenters. The molecular weight excluding hydrogens is 216 g/mol. The van der Waals surface area contributed by atoms with E-state index < -0.39 is 12.4 Å². The standard InChI is InChI=1S/C11H7F2NO2/c12-10(13)7-2-1-6-3-4-14-9(11(15)16)8(6)5-7/h1-5,10H,(H,15,16). The fraction of sp³-hybridized carbons (Fsp3) is 0.0909. The number of aromatic nitrogens is 1. The van der Waals surface area contributed by atoms with Gasteiger partial charge in [0.05, 0.1) is 0 Å². The highest BCUT2D eigenvalue weighted by atomic mass is 19.3. The van der Waals surface area contributed by atoms with Crippen LogP contribution in [0.1, 0.15) is 22.5 Å². The largest absolute Gasteiger partial charge is 0.476 e. The zero-order valence-electron chi connectivity index (χ0n) is 8.02. The highest BCUT2D eigenvalue weighted by molar-refractivity contribution is 6.01. The zero-order valence-corrected chi connectivity index (χ0v) is 8.02. The van der Waals surface area contributed by atoms with E-state index in [1.165, 1.54) is 18.3 Å². The summed E-state index contributed by atoms with van der Waals surface area (Å²) in [4.78, 5) is 14.5. The Balaban J connectivity index is 2.73. The lowest BCUT2D eigenvalue weighted by atomic mass is 10.1. The van der Waals surface area contributed by atoms with Gasteiger partial charge in [-0.15, -0.1) is 0 Å². The maximum Gasteiger partial charge on any atom is 0.355 e. The third kappa shape index (κ3) is 1.71. The Bertz CT molecular complexity index is 555. The van der Waals surface area contributed by atoms with Crippen molar-refractivity contribution in [2.75, 3.05) is 0 Å². The van der Waals surface area contributed by atoms with E-state index in [9.17, 15) is 13.6 Å². The zero-order chi connectivity index (χ0) is 11.7. The molecule has 0 amide bonds. The molecule has 0 saturated heterocycles. The van der Waals surface area contributed by atoms with Gasteiger partial charge in [0.2, 0.25) is 0 Å². The van der Waals surface area contributed by atoms with E-state index >= 15 is 0 Å². The van der Waals surface area contributed by atoms with Gasteiger partial charge in [-0.25, -0.2) is 18.6 Å². The van der Waals surface area contributed by atoms with Crippen LogP contribution < -0.4 is 0 Å². The lowest BCUT2D eigenvalue weighted by molar-refractivity contribution is 0.0692. The first kappa shape index (κ1) is 10.5. The van der Waals surface area contributed by atoms with Gasteiger partial charge in [-0.1, -0.05) is 12.1 Å². The first-order chi connectivity index (χ1) is 7.59. The van der Waals surface area contributed by atoms with Crippen molar-refractivity contribution in [2.24, 2.45) is 0 Å². The summed E-state index contributed by atoms with van der Waals surface area (Å²) in [6, 6.07) is 5.48. The van der Waals surface area contributed by atoms with Crippen LogP contribution in [0.2, 0.25) is 0 Å². The maximum absolute atomic E-state index is 12.5. The minimum absolute atomic E-state index is 0.206. The van der Waals surface area contributed by atoms with Crippen LogP contribution in [0.5, 0.6) is 0 Å². The second-order valence-electron chi connectivity index (χ2n) is 3.25. The van der Waals surface area contributed by atoms with E-state index in [4.69, 9.17) is 5.11 Å². The van der Waals surface area contributed by atoms with Crippen molar-refractivity contribution in [1.29, 1.82) is 0 Å². The predicted octanol–water partition coefficient (Wildman–Crippen LogP) is 2.87. The molecule has 2 rings (SSSR count). The molecule has 0 bridgehead atoms. The molecule has 1 heterocycles. The second kappa shape index (κ2) is 3.84. The summed E-state index contributed by atoms with van der Waals surface area (Å²) in [5.74, 6) is -1.22. The number of nitrogens with zero attached hydrogens (tertiary/aromatic N) is 1. The van der Waals surface area contributed by atoms with Crippen molar-refractivity contribution in [3.63, 3.8) is 0 Å². The summed E-state index contributed by atoms with van der Waals surface area (Å²) in [6.45, 7) is 0. The lowest BCUT2D eigenvalue weighted by Crippen LogP contribution is -2.01. The molecule has 0 aliphatic carbocycles. The van der Waals surface area contributed by atoms with Crippen LogP contribution in [0.25, 0.3) is 10.8 Å². The number of alkyl halides is 2. The number of hydrogen-bond acceptors (Lipinski definition) is 2. The number of hydrogen-bond donors (Lipinski definition) is 1. The number of rotatable bonds is 2. The number of pyridine rings is 1. The number of halogens is 2. The Morgan fingerprint density at radius 1 is 1.31 bits per heavy atom. The number of carboxylic acid groups (broad SMARTS) is 1. The first-order valence-corrected chi connectivity index (χ1v) is 4.49. The van der Waals surface area contributed by atoms with E-state index in [0.29, 0.717) is 5.39 Å². The fourth-order valence-electron chi connectivity index (χ4n) is 1.49. The topological polar surface area (TPSA) is 50.2 Å². The van der Waals surface area contributed by atoms with E-state index in [1.54, 1.807) is 6.07 Å². The Labute approximate surface area is 89.3 Å². The number of carboxylic acids is 1. The number of fused-ring (bicyclic) bond motifs is 1. The highest BCUT2D eigenvalue weighted by Crippen LogP contribution is 2.25. The van der Waals surface area contributed by atoms with Crippen molar-refractivity contribution >= 4 is 16.7 Å². The molecule has 2 aromatic rings. The molecule has 0 aliphatic heterocycles. The molecule has 1 aromatic heterocycles. The van der Waals surface area contributed by atoms with Gasteiger partial charge in [0.25, 0.3) is 6.43 Å². The van der Waals surface area contributed by atoms with Gasteiger partial charge in [-0.05, 0) is 17.5 Å². The normalized spacial score (nSPS) is 10.9. The van der Waals surface area contributed by atoms with Gasteiger partial charge >= 0.3 is 5.97 Å². The molecule has 0 aliphatic rings. The van der Waals surface area contributed by atoms with Gasteiger partial charge in [-0.2, -0.15) is 0 Å². The summed E-state index contributed by atoms with van der Waals surface area (Å²) in [5.41, 5.74) is -0.414. The smallest absolute Gasteiger partial charge is 0.355 e. The Hall–Kier alpha value is -2.04. The highest BCUT2D eigenvalue weighted by Gasteiger charge is 2.13. The number of carbonyl (C=O) groups is 1. The molecule has 0 radical (unpaired) electrons. The van der Waals surface area contributed by atoms with E-state index in [1.807, 2.05) is 0 Å².